The van der Waals surface area contributed by atoms with Crippen molar-refractivity contribution in [1.82, 2.24) is 10.2 Å². The van der Waals surface area contributed by atoms with Gasteiger partial charge >= 0.3 is 6.03 Å². The molecule has 0 heterocycles. The van der Waals surface area contributed by atoms with Crippen molar-refractivity contribution in [2.75, 3.05) is 32.6 Å². The van der Waals surface area contributed by atoms with Crippen LogP contribution >= 0.6 is 0 Å². The van der Waals surface area contributed by atoms with Crippen LogP contribution in [0.15, 0.2) is 24.3 Å². The molecule has 6 heteroatoms. The highest BCUT2D eigenvalue weighted by Crippen LogP contribution is 2.20. The number of para-hydroxylation sites is 1. The molecule has 0 atom stereocenters. The van der Waals surface area contributed by atoms with Crippen LogP contribution in [0.3, 0.4) is 0 Å². The van der Waals surface area contributed by atoms with Gasteiger partial charge in [-0.1, -0.05) is 31.0 Å². The van der Waals surface area contributed by atoms with Crippen LogP contribution in [0.2, 0.25) is 0 Å². The number of rotatable bonds is 8. The van der Waals surface area contributed by atoms with Gasteiger partial charge in [-0.15, -0.1) is 0 Å². The summed E-state index contributed by atoms with van der Waals surface area (Å²) in [4.78, 5) is 25.5. The number of carbonyl (C=O) groups excluding carboxylic acids is 2. The Morgan fingerprint density at radius 2 is 1.92 bits per heavy atom. The molecule has 0 saturated heterocycles. The molecule has 1 aromatic rings. The van der Waals surface area contributed by atoms with Crippen molar-refractivity contribution < 1.29 is 14.3 Å². The first kappa shape index (κ1) is 19.2. The summed E-state index contributed by atoms with van der Waals surface area (Å²) in [6, 6.07) is 7.11. The molecule has 0 aliphatic heterocycles. The number of carbonyl (C=O) groups is 2. The third-order valence-electron chi connectivity index (χ3n) is 4.37. The number of amides is 3. The molecule has 1 aliphatic carbocycles. The predicted molar refractivity (Wildman–Crippen MR) is 98.7 cm³/mol. The lowest BCUT2D eigenvalue weighted by atomic mass is 10.1. The van der Waals surface area contributed by atoms with E-state index in [1.54, 1.807) is 25.1 Å². The molecule has 0 bridgehead atoms. The van der Waals surface area contributed by atoms with E-state index in [-0.39, 0.29) is 18.4 Å². The molecule has 138 valence electrons. The molecule has 1 fully saturated rings. The minimum atomic E-state index is -0.259. The standard InChI is InChI=1S/C19H29N3O3/c1-22(2)18(23)14-15-8-3-6-11-17(15)21-19(24)20-12-7-13-25-16-9-4-5-10-16/h3,6,8,11,16H,4-5,7,9-10,12-14H2,1-2H3,(H2,20,21,24). The van der Waals surface area contributed by atoms with E-state index < -0.39 is 0 Å². The van der Waals surface area contributed by atoms with E-state index in [9.17, 15) is 9.59 Å². The van der Waals surface area contributed by atoms with Gasteiger partial charge in [0.1, 0.15) is 0 Å². The normalized spacial score (nSPS) is 14.3. The number of hydrogen-bond acceptors (Lipinski definition) is 3. The monoisotopic (exact) mass is 347 g/mol. The molecule has 2 N–H and O–H groups in total. The zero-order valence-electron chi connectivity index (χ0n) is 15.2. The average Bonchev–Trinajstić information content (AvgIpc) is 3.09. The molecule has 1 saturated carbocycles. The maximum atomic E-state index is 12.0. The number of nitrogens with zero attached hydrogens (tertiary/aromatic N) is 1. The topological polar surface area (TPSA) is 70.7 Å². The predicted octanol–water partition coefficient (Wildman–Crippen LogP) is 2.79. The van der Waals surface area contributed by atoms with E-state index in [4.69, 9.17) is 4.74 Å². The highest BCUT2D eigenvalue weighted by molar-refractivity contribution is 5.91. The van der Waals surface area contributed by atoms with Crippen LogP contribution in [-0.4, -0.2) is 50.2 Å². The third kappa shape index (κ3) is 6.74. The molecule has 0 unspecified atom stereocenters. The molecule has 3 amide bonds. The Labute approximate surface area is 149 Å². The number of likely N-dealkylation sites (N-methyl/N-ethyl adjacent to an activating group) is 1. The molecule has 1 aliphatic rings. The fraction of sp³-hybridized carbons (Fsp3) is 0.579. The zero-order chi connectivity index (χ0) is 18.1. The molecule has 0 aromatic heterocycles. The van der Waals surface area contributed by atoms with Gasteiger partial charge in [-0.3, -0.25) is 4.79 Å². The van der Waals surface area contributed by atoms with Crippen molar-refractivity contribution in [1.29, 1.82) is 0 Å². The van der Waals surface area contributed by atoms with Crippen LogP contribution in [-0.2, 0) is 16.0 Å². The van der Waals surface area contributed by atoms with Gasteiger partial charge in [-0.25, -0.2) is 4.79 Å². The molecule has 0 spiro atoms. The first-order chi connectivity index (χ1) is 12.1. The lowest BCUT2D eigenvalue weighted by molar-refractivity contribution is -0.127. The van der Waals surface area contributed by atoms with E-state index in [0.717, 1.165) is 24.8 Å². The minimum absolute atomic E-state index is 0.00119. The minimum Gasteiger partial charge on any atom is -0.378 e. The number of ether oxygens (including phenoxy) is 1. The second kappa shape index (κ2) is 10.0. The summed E-state index contributed by atoms with van der Waals surface area (Å²) in [6.07, 6.45) is 6.33. The van der Waals surface area contributed by atoms with Crippen LogP contribution in [0.4, 0.5) is 10.5 Å². The second-order valence-corrected chi connectivity index (χ2v) is 6.63. The van der Waals surface area contributed by atoms with Gasteiger partial charge in [0.25, 0.3) is 0 Å². The van der Waals surface area contributed by atoms with Crippen LogP contribution in [0.25, 0.3) is 0 Å². The van der Waals surface area contributed by atoms with Crippen LogP contribution < -0.4 is 10.6 Å². The molecule has 0 radical (unpaired) electrons. The zero-order valence-corrected chi connectivity index (χ0v) is 15.2. The SMILES string of the molecule is CN(C)C(=O)Cc1ccccc1NC(=O)NCCCOC1CCCC1. The van der Waals surface area contributed by atoms with Crippen molar-refractivity contribution in [2.24, 2.45) is 0 Å². The Hall–Kier alpha value is -2.08. The van der Waals surface area contributed by atoms with Gasteiger partial charge in [0.2, 0.25) is 5.91 Å². The first-order valence-electron chi connectivity index (χ1n) is 9.01. The Morgan fingerprint density at radius 3 is 2.64 bits per heavy atom. The Bertz CT molecular complexity index is 569. The number of urea groups is 1. The maximum absolute atomic E-state index is 12.0. The fourth-order valence-electron chi connectivity index (χ4n) is 2.86. The summed E-state index contributed by atoms with van der Waals surface area (Å²) >= 11 is 0. The van der Waals surface area contributed by atoms with Crippen LogP contribution in [0.5, 0.6) is 0 Å². The summed E-state index contributed by atoms with van der Waals surface area (Å²) in [7, 11) is 3.44. The average molecular weight is 347 g/mol. The highest BCUT2D eigenvalue weighted by atomic mass is 16.5. The van der Waals surface area contributed by atoms with Gasteiger partial charge in [0, 0.05) is 32.9 Å². The molecule has 25 heavy (non-hydrogen) atoms. The van der Waals surface area contributed by atoms with Gasteiger partial charge in [-0.05, 0) is 30.9 Å². The Kier molecular flexibility index (Phi) is 7.73. The molecule has 6 nitrogen and oxygen atoms in total. The van der Waals surface area contributed by atoms with E-state index in [2.05, 4.69) is 10.6 Å². The third-order valence-corrected chi connectivity index (χ3v) is 4.37. The molecule has 1 aromatic carbocycles. The van der Waals surface area contributed by atoms with E-state index in [1.165, 1.54) is 12.8 Å². The van der Waals surface area contributed by atoms with Crippen molar-refractivity contribution in [3.8, 4) is 0 Å². The van der Waals surface area contributed by atoms with Gasteiger partial charge < -0.3 is 20.3 Å². The maximum Gasteiger partial charge on any atom is 0.319 e. The molecule has 2 rings (SSSR count). The summed E-state index contributed by atoms with van der Waals surface area (Å²) in [5.74, 6) is -0.00119. The van der Waals surface area contributed by atoms with E-state index in [0.29, 0.717) is 24.9 Å². The van der Waals surface area contributed by atoms with Crippen molar-refractivity contribution in [2.45, 2.75) is 44.6 Å². The smallest absolute Gasteiger partial charge is 0.319 e. The first-order valence-corrected chi connectivity index (χ1v) is 9.01. The quantitative estimate of drug-likeness (QED) is 0.711. The lowest BCUT2D eigenvalue weighted by Crippen LogP contribution is -2.31. The van der Waals surface area contributed by atoms with Crippen molar-refractivity contribution in [3.63, 3.8) is 0 Å². The van der Waals surface area contributed by atoms with E-state index >= 15 is 0 Å². The molecular formula is C19H29N3O3. The summed E-state index contributed by atoms with van der Waals surface area (Å²) < 4.78 is 5.77. The number of nitrogens with one attached hydrogen (secondary N) is 2. The summed E-state index contributed by atoms with van der Waals surface area (Å²) in [5, 5.41) is 5.66. The summed E-state index contributed by atoms with van der Waals surface area (Å²) in [6.45, 7) is 1.25. The Morgan fingerprint density at radius 1 is 1.20 bits per heavy atom. The van der Waals surface area contributed by atoms with Crippen LogP contribution in [0.1, 0.15) is 37.7 Å². The largest absolute Gasteiger partial charge is 0.378 e. The second-order valence-electron chi connectivity index (χ2n) is 6.63. The summed E-state index contributed by atoms with van der Waals surface area (Å²) in [5.41, 5.74) is 1.47. The van der Waals surface area contributed by atoms with Gasteiger partial charge in [0.15, 0.2) is 0 Å². The lowest BCUT2D eigenvalue weighted by Gasteiger charge is -2.14. The van der Waals surface area contributed by atoms with Crippen LogP contribution in [0, 0.1) is 0 Å². The molecular weight excluding hydrogens is 318 g/mol. The van der Waals surface area contributed by atoms with Crippen molar-refractivity contribution in [3.05, 3.63) is 29.8 Å². The van der Waals surface area contributed by atoms with E-state index in [1.807, 2.05) is 18.2 Å². The van der Waals surface area contributed by atoms with Crippen molar-refractivity contribution >= 4 is 17.6 Å². The highest BCUT2D eigenvalue weighted by Gasteiger charge is 2.15. The fourth-order valence-corrected chi connectivity index (χ4v) is 2.86. The van der Waals surface area contributed by atoms with Gasteiger partial charge in [-0.2, -0.15) is 0 Å². The number of anilines is 1. The Balaban J connectivity index is 1.71. The number of hydrogen-bond donors (Lipinski definition) is 2. The number of benzene rings is 1. The van der Waals surface area contributed by atoms with Gasteiger partial charge in [0.05, 0.1) is 12.5 Å².